The third-order valence-corrected chi connectivity index (χ3v) is 7.59. The summed E-state index contributed by atoms with van der Waals surface area (Å²) in [5.74, 6) is 0. The highest BCUT2D eigenvalue weighted by Crippen LogP contribution is 2.44. The summed E-state index contributed by atoms with van der Waals surface area (Å²) >= 11 is 0. The Kier molecular flexibility index (Phi) is 5.34. The molecule has 7 rings (SSSR count). The quantitative estimate of drug-likeness (QED) is 0.216. The molecule has 8 heteroatoms. The number of benzene rings is 5. The fourth-order valence-electron chi connectivity index (χ4n) is 5.99. The minimum absolute atomic E-state index is 0.103. The Hall–Kier alpha value is -6.04. The van der Waals surface area contributed by atoms with Crippen LogP contribution in [0.4, 0.5) is 13.2 Å². The molecule has 7 aromatic rings. The Morgan fingerprint density at radius 1 is 0.571 bits per heavy atom. The Labute approximate surface area is 236 Å². The maximum atomic E-state index is 14.4. The van der Waals surface area contributed by atoms with Crippen LogP contribution in [0.25, 0.3) is 55.0 Å². The van der Waals surface area contributed by atoms with E-state index in [-0.39, 0.29) is 11.3 Å². The molecule has 0 N–H and O–H groups in total. The second-order valence-electron chi connectivity index (χ2n) is 9.86. The van der Waals surface area contributed by atoms with Crippen molar-refractivity contribution < 1.29 is 13.2 Å². The number of aromatic nitrogens is 2. The summed E-state index contributed by atoms with van der Waals surface area (Å²) in [6.45, 7) is 0. The highest BCUT2D eigenvalue weighted by atomic mass is 19.4. The van der Waals surface area contributed by atoms with Crippen molar-refractivity contribution in [3.8, 4) is 29.6 Å². The highest BCUT2D eigenvalue weighted by molar-refractivity contribution is 6.26. The number of nitrogens with zero attached hydrogens (tertiary/aromatic N) is 5. The molecule has 0 bridgehead atoms. The van der Waals surface area contributed by atoms with E-state index in [9.17, 15) is 29.0 Å². The average molecular weight is 552 g/mol. The Morgan fingerprint density at radius 2 is 1.21 bits per heavy atom. The van der Waals surface area contributed by atoms with Crippen molar-refractivity contribution in [3.63, 3.8) is 0 Å². The van der Waals surface area contributed by atoms with Gasteiger partial charge < -0.3 is 9.13 Å². The van der Waals surface area contributed by atoms with Gasteiger partial charge in [0, 0.05) is 27.2 Å². The van der Waals surface area contributed by atoms with E-state index in [4.69, 9.17) is 0 Å². The molecule has 0 atom stereocenters. The van der Waals surface area contributed by atoms with E-state index < -0.39 is 11.7 Å². The second-order valence-corrected chi connectivity index (χ2v) is 9.86. The lowest BCUT2D eigenvalue weighted by Crippen LogP contribution is -2.12. The van der Waals surface area contributed by atoms with Gasteiger partial charge in [0.25, 0.3) is 0 Å². The van der Waals surface area contributed by atoms with Gasteiger partial charge in [0.15, 0.2) is 0 Å². The first-order valence-corrected chi connectivity index (χ1v) is 12.9. The largest absolute Gasteiger partial charge is 0.418 e. The van der Waals surface area contributed by atoms with Crippen LogP contribution in [-0.4, -0.2) is 9.13 Å². The first-order valence-electron chi connectivity index (χ1n) is 12.9. The monoisotopic (exact) mass is 551 g/mol. The standard InChI is InChI=1S/C34H16F3N5/c35-34(36,37)27-9-5-6-22(19-40)32(27)42-29-11-4-2-8-26(29)31-30(42)13-12-25-24-7-1-3-10-28(24)41(33(25)31)23-15-20(17-38)14-21(16-23)18-39/h1-16H. The van der Waals surface area contributed by atoms with Crippen LogP contribution in [0.5, 0.6) is 0 Å². The fraction of sp³-hybridized carbons (Fsp3) is 0.0294. The number of rotatable bonds is 2. The van der Waals surface area contributed by atoms with Gasteiger partial charge in [0.05, 0.1) is 62.1 Å². The Balaban J connectivity index is 1.75. The summed E-state index contributed by atoms with van der Waals surface area (Å²) in [7, 11) is 0. The van der Waals surface area contributed by atoms with Crippen molar-refractivity contribution >= 4 is 43.6 Å². The van der Waals surface area contributed by atoms with Gasteiger partial charge in [0.1, 0.15) is 6.07 Å². The van der Waals surface area contributed by atoms with Gasteiger partial charge in [-0.25, -0.2) is 0 Å². The van der Waals surface area contributed by atoms with Gasteiger partial charge in [-0.3, -0.25) is 0 Å². The zero-order chi connectivity index (χ0) is 29.2. The predicted molar refractivity (Wildman–Crippen MR) is 154 cm³/mol. The van der Waals surface area contributed by atoms with Gasteiger partial charge >= 0.3 is 6.18 Å². The van der Waals surface area contributed by atoms with Crippen LogP contribution < -0.4 is 0 Å². The van der Waals surface area contributed by atoms with Crippen molar-refractivity contribution in [2.75, 3.05) is 0 Å². The van der Waals surface area contributed by atoms with E-state index in [2.05, 4.69) is 12.1 Å². The summed E-state index contributed by atoms with van der Waals surface area (Å²) in [5.41, 5.74) is 2.46. The van der Waals surface area contributed by atoms with Gasteiger partial charge in [-0.2, -0.15) is 29.0 Å². The molecule has 0 saturated carbocycles. The van der Waals surface area contributed by atoms with Crippen molar-refractivity contribution in [1.82, 2.24) is 9.13 Å². The minimum Gasteiger partial charge on any atom is -0.308 e. The van der Waals surface area contributed by atoms with E-state index in [0.717, 1.165) is 22.4 Å². The average Bonchev–Trinajstić information content (AvgIpc) is 3.52. The number of alkyl halides is 3. The zero-order valence-electron chi connectivity index (χ0n) is 21.6. The van der Waals surface area contributed by atoms with Crippen LogP contribution in [-0.2, 0) is 6.18 Å². The SMILES string of the molecule is N#Cc1cc(C#N)cc(-n2c3ccccc3c3ccc4c(c5ccccc5n4-c4c(C#N)cccc4C(F)(F)F)c32)c1. The smallest absolute Gasteiger partial charge is 0.308 e. The van der Waals surface area contributed by atoms with Gasteiger partial charge in [-0.05, 0) is 48.5 Å². The van der Waals surface area contributed by atoms with E-state index in [1.807, 2.05) is 53.1 Å². The normalized spacial score (nSPS) is 11.6. The fourth-order valence-corrected chi connectivity index (χ4v) is 5.99. The van der Waals surface area contributed by atoms with Crippen molar-refractivity contribution in [2.24, 2.45) is 0 Å². The van der Waals surface area contributed by atoms with E-state index in [0.29, 0.717) is 44.1 Å². The molecule has 0 amide bonds. The molecule has 5 aromatic carbocycles. The van der Waals surface area contributed by atoms with Gasteiger partial charge in [0.2, 0.25) is 0 Å². The Morgan fingerprint density at radius 3 is 1.86 bits per heavy atom. The number of hydrogen-bond acceptors (Lipinski definition) is 3. The zero-order valence-corrected chi connectivity index (χ0v) is 21.6. The van der Waals surface area contributed by atoms with Gasteiger partial charge in [-0.15, -0.1) is 0 Å². The molecule has 42 heavy (non-hydrogen) atoms. The molecule has 0 aliphatic rings. The number of hydrogen-bond donors (Lipinski definition) is 0. The molecule has 0 saturated heterocycles. The molecule has 198 valence electrons. The lowest BCUT2D eigenvalue weighted by molar-refractivity contribution is -0.137. The summed E-state index contributed by atoms with van der Waals surface area (Å²) in [4.78, 5) is 0. The van der Waals surface area contributed by atoms with Crippen molar-refractivity contribution in [1.29, 1.82) is 15.8 Å². The third-order valence-electron chi connectivity index (χ3n) is 7.59. The molecule has 2 heterocycles. The first-order chi connectivity index (χ1) is 20.4. The summed E-state index contributed by atoms with van der Waals surface area (Å²) < 4.78 is 46.7. The molecule has 0 spiro atoms. The minimum atomic E-state index is -4.70. The molecule has 0 unspecified atom stereocenters. The molecule has 0 aliphatic carbocycles. The van der Waals surface area contributed by atoms with Gasteiger partial charge in [-0.1, -0.05) is 48.5 Å². The molecule has 0 radical (unpaired) electrons. The topological polar surface area (TPSA) is 81.2 Å². The predicted octanol–water partition coefficient (Wildman–Crippen LogP) is 8.51. The summed E-state index contributed by atoms with van der Waals surface area (Å²) in [6, 6.07) is 33.2. The maximum Gasteiger partial charge on any atom is 0.418 e. The van der Waals surface area contributed by atoms with E-state index in [1.165, 1.54) is 22.8 Å². The second kappa shape index (κ2) is 8.99. The third kappa shape index (κ3) is 3.48. The molecule has 0 aliphatic heterocycles. The van der Waals surface area contributed by atoms with Crippen LogP contribution in [0.1, 0.15) is 22.3 Å². The Bertz CT molecular complexity index is 2360. The van der Waals surface area contributed by atoms with Crippen molar-refractivity contribution in [3.05, 3.63) is 119 Å². The number of halogens is 3. The van der Waals surface area contributed by atoms with Crippen LogP contribution in [0.2, 0.25) is 0 Å². The number of nitriles is 3. The molecule has 2 aromatic heterocycles. The molecule has 0 fully saturated rings. The first kappa shape index (κ1) is 25.0. The molecular formula is C34H16F3N5. The van der Waals surface area contributed by atoms with E-state index in [1.54, 1.807) is 30.3 Å². The van der Waals surface area contributed by atoms with E-state index >= 15 is 0 Å². The molecular weight excluding hydrogens is 535 g/mol. The molecule has 5 nitrogen and oxygen atoms in total. The summed E-state index contributed by atoms with van der Waals surface area (Å²) in [6.07, 6.45) is -4.70. The maximum absolute atomic E-state index is 14.4. The van der Waals surface area contributed by atoms with Crippen LogP contribution in [0, 0.1) is 34.0 Å². The van der Waals surface area contributed by atoms with Crippen LogP contribution in [0.15, 0.2) is 97.1 Å². The van der Waals surface area contributed by atoms with Crippen molar-refractivity contribution in [2.45, 2.75) is 6.18 Å². The van der Waals surface area contributed by atoms with Crippen LogP contribution in [0.3, 0.4) is 0 Å². The van der Waals surface area contributed by atoms with Crippen LogP contribution >= 0.6 is 0 Å². The number of fused-ring (bicyclic) bond motifs is 7. The lowest BCUT2D eigenvalue weighted by atomic mass is 10.1. The number of para-hydroxylation sites is 3. The highest BCUT2D eigenvalue weighted by Gasteiger charge is 2.36. The lowest BCUT2D eigenvalue weighted by Gasteiger charge is -2.17. The summed E-state index contributed by atoms with van der Waals surface area (Å²) in [5, 5.41) is 32.5.